The van der Waals surface area contributed by atoms with E-state index in [2.05, 4.69) is 80.6 Å². The Hall–Kier alpha value is -4.45. The highest BCUT2D eigenvalue weighted by Gasteiger charge is 2.51. The number of nitrogens with zero attached hydrogens (tertiary/aromatic N) is 3. The highest BCUT2D eigenvalue weighted by molar-refractivity contribution is 6.88. The summed E-state index contributed by atoms with van der Waals surface area (Å²) in [5.41, 5.74) is 11.9. The van der Waals surface area contributed by atoms with Crippen molar-refractivity contribution < 1.29 is 4.42 Å². The Morgan fingerprint density at radius 2 is 1.52 bits per heavy atom. The number of benzene rings is 4. The van der Waals surface area contributed by atoms with Gasteiger partial charge in [-0.3, -0.25) is 14.1 Å². The van der Waals surface area contributed by atoms with E-state index in [0.717, 1.165) is 50.2 Å². The fourth-order valence-electron chi connectivity index (χ4n) is 10.5. The van der Waals surface area contributed by atoms with Crippen LogP contribution >= 0.6 is 0 Å². The maximum absolute atomic E-state index is 14.7. The molecule has 2 saturated carbocycles. The zero-order chi connectivity index (χ0) is 27.0. The normalized spacial score (nSPS) is 24.2. The second-order valence-corrected chi connectivity index (χ2v) is 13.7. The van der Waals surface area contributed by atoms with Crippen molar-refractivity contribution in [2.45, 2.75) is 43.9 Å². The molecule has 2 fully saturated rings. The van der Waals surface area contributed by atoms with Crippen LogP contribution in [0.1, 0.15) is 55.2 Å². The van der Waals surface area contributed by atoms with Crippen LogP contribution in [0.25, 0.3) is 55.1 Å². The van der Waals surface area contributed by atoms with E-state index in [1.165, 1.54) is 71.0 Å². The van der Waals surface area contributed by atoms with Crippen LogP contribution < -0.4 is 16.5 Å². The third kappa shape index (κ3) is 2.18. The number of rotatable bonds is 0. The Labute approximate surface area is 241 Å². The Kier molecular flexibility index (Phi) is 3.44. The van der Waals surface area contributed by atoms with Gasteiger partial charge in [-0.25, -0.2) is 0 Å². The molecule has 0 amide bonds. The zero-order valence-electron chi connectivity index (χ0n) is 23.0. The predicted molar refractivity (Wildman–Crippen MR) is 168 cm³/mol. The molecule has 6 aliphatic rings. The molecular formula is C36H26BN3O2. The first-order valence-corrected chi connectivity index (χ1v) is 15.6. The summed E-state index contributed by atoms with van der Waals surface area (Å²) in [7, 11) is 0. The average molecular weight is 543 g/mol. The van der Waals surface area contributed by atoms with Crippen molar-refractivity contribution in [3.63, 3.8) is 0 Å². The molecule has 0 spiro atoms. The smallest absolute Gasteiger partial charge is 0.357 e. The van der Waals surface area contributed by atoms with E-state index in [1.807, 2.05) is 6.07 Å². The van der Waals surface area contributed by atoms with E-state index in [9.17, 15) is 4.79 Å². The summed E-state index contributed by atoms with van der Waals surface area (Å²) in [5, 5.41) is 4.67. The van der Waals surface area contributed by atoms with Crippen LogP contribution in [0.2, 0.25) is 0 Å². The maximum atomic E-state index is 14.7. The lowest BCUT2D eigenvalue weighted by molar-refractivity contribution is 0.163. The fourth-order valence-corrected chi connectivity index (χ4v) is 10.5. The first kappa shape index (κ1) is 21.3. The van der Waals surface area contributed by atoms with Gasteiger partial charge in [-0.15, -0.1) is 0 Å². The molecule has 2 aliphatic heterocycles. The van der Waals surface area contributed by atoms with Crippen molar-refractivity contribution in [3.05, 3.63) is 94.4 Å². The minimum absolute atomic E-state index is 0.113. The molecule has 42 heavy (non-hydrogen) atoms. The number of para-hydroxylation sites is 2. The molecule has 4 bridgehead atoms. The molecule has 0 radical (unpaired) electrons. The van der Waals surface area contributed by atoms with Crippen LogP contribution in [0.15, 0.2) is 82.0 Å². The molecule has 2 atom stereocenters. The van der Waals surface area contributed by atoms with E-state index < -0.39 is 0 Å². The van der Waals surface area contributed by atoms with Gasteiger partial charge in [-0.05, 0) is 91.7 Å². The molecule has 2 unspecified atom stereocenters. The Bertz CT molecular complexity index is 2460. The van der Waals surface area contributed by atoms with Crippen LogP contribution in [0.4, 0.5) is 0 Å². The third-order valence-electron chi connectivity index (χ3n) is 11.8. The van der Waals surface area contributed by atoms with Gasteiger partial charge in [-0.2, -0.15) is 0 Å². The van der Waals surface area contributed by atoms with Gasteiger partial charge >= 0.3 is 6.85 Å². The number of hydrogen-bond donors (Lipinski definition) is 0. The van der Waals surface area contributed by atoms with Gasteiger partial charge in [0.2, 0.25) is 0 Å². The number of furan rings is 1. The molecular weight excluding hydrogens is 517 g/mol. The molecule has 5 heterocycles. The second-order valence-electron chi connectivity index (χ2n) is 13.7. The third-order valence-corrected chi connectivity index (χ3v) is 11.8. The van der Waals surface area contributed by atoms with Crippen molar-refractivity contribution in [1.29, 1.82) is 0 Å². The number of hydrogen-bond acceptors (Lipinski definition) is 2. The summed E-state index contributed by atoms with van der Waals surface area (Å²) < 4.78 is 13.6. The molecule has 0 saturated heterocycles. The van der Waals surface area contributed by atoms with Crippen molar-refractivity contribution in [3.8, 4) is 11.4 Å². The van der Waals surface area contributed by atoms with E-state index in [1.54, 1.807) is 0 Å². The summed E-state index contributed by atoms with van der Waals surface area (Å²) in [6.45, 7) is -0.113. The molecule has 3 aromatic heterocycles. The molecule has 4 aliphatic carbocycles. The lowest BCUT2D eigenvalue weighted by atomic mass is 9.49. The quantitative estimate of drug-likeness (QED) is 0.211. The monoisotopic (exact) mass is 543 g/mol. The van der Waals surface area contributed by atoms with Crippen LogP contribution in [0.3, 0.4) is 0 Å². The van der Waals surface area contributed by atoms with Gasteiger partial charge < -0.3 is 8.98 Å². The van der Waals surface area contributed by atoms with Gasteiger partial charge in [-0.1, -0.05) is 36.4 Å². The first-order valence-electron chi connectivity index (χ1n) is 15.6. The molecule has 6 heteroatoms. The lowest BCUT2D eigenvalue weighted by Crippen LogP contribution is -2.54. The largest absolute Gasteiger partial charge is 0.455 e. The van der Waals surface area contributed by atoms with E-state index in [-0.39, 0.29) is 12.4 Å². The molecule has 5 nitrogen and oxygen atoms in total. The van der Waals surface area contributed by atoms with Crippen LogP contribution in [0.5, 0.6) is 0 Å². The SMILES string of the molecule is O=c1c2c(n3n1B1c4ccccc4-n4c5ccc6c7ccccc7oc6c5c5ccc-3c1c54)C1CC3CC(CC2C3)C1. The molecule has 200 valence electrons. The van der Waals surface area contributed by atoms with Crippen molar-refractivity contribution in [2.75, 3.05) is 0 Å². The van der Waals surface area contributed by atoms with Crippen molar-refractivity contribution in [1.82, 2.24) is 13.8 Å². The van der Waals surface area contributed by atoms with E-state index >= 15 is 0 Å². The van der Waals surface area contributed by atoms with E-state index in [4.69, 9.17) is 4.42 Å². The Balaban J connectivity index is 1.27. The summed E-state index contributed by atoms with van der Waals surface area (Å²) in [4.78, 5) is 14.7. The first-order chi connectivity index (χ1) is 20.7. The summed E-state index contributed by atoms with van der Waals surface area (Å²) in [5.74, 6) is 2.48. The van der Waals surface area contributed by atoms with Crippen LogP contribution in [-0.2, 0) is 0 Å². The van der Waals surface area contributed by atoms with E-state index in [0.29, 0.717) is 11.8 Å². The van der Waals surface area contributed by atoms with Crippen molar-refractivity contribution in [2.24, 2.45) is 11.8 Å². The number of fused-ring (bicyclic) bond motifs is 13. The van der Waals surface area contributed by atoms with Gasteiger partial charge in [0.25, 0.3) is 5.56 Å². The lowest BCUT2D eigenvalue weighted by Gasteiger charge is -2.38. The fraction of sp³-hybridized carbons (Fsp3) is 0.250. The van der Waals surface area contributed by atoms with Crippen LogP contribution in [0, 0.1) is 11.8 Å². The summed E-state index contributed by atoms with van der Waals surface area (Å²) >= 11 is 0. The minimum atomic E-state index is -0.113. The highest BCUT2D eigenvalue weighted by Crippen LogP contribution is 2.56. The molecule has 4 aromatic carbocycles. The maximum Gasteiger partial charge on any atom is 0.357 e. The number of aromatic nitrogens is 3. The highest BCUT2D eigenvalue weighted by atomic mass is 16.3. The molecule has 7 aromatic rings. The van der Waals surface area contributed by atoms with Gasteiger partial charge in [0.05, 0.1) is 27.8 Å². The Morgan fingerprint density at radius 3 is 2.43 bits per heavy atom. The van der Waals surface area contributed by atoms with Crippen LogP contribution in [-0.4, -0.2) is 20.7 Å². The summed E-state index contributed by atoms with van der Waals surface area (Å²) in [6.07, 6.45) is 6.26. The molecule has 0 N–H and O–H groups in total. The minimum Gasteiger partial charge on any atom is -0.455 e. The van der Waals surface area contributed by atoms with Crippen molar-refractivity contribution >= 4 is 61.5 Å². The predicted octanol–water partition coefficient (Wildman–Crippen LogP) is 6.31. The Morgan fingerprint density at radius 1 is 0.738 bits per heavy atom. The average Bonchev–Trinajstić information content (AvgIpc) is 3.70. The topological polar surface area (TPSA) is 45.0 Å². The van der Waals surface area contributed by atoms with Gasteiger partial charge in [0.15, 0.2) is 0 Å². The molecule has 13 rings (SSSR count). The second kappa shape index (κ2) is 6.78. The zero-order valence-corrected chi connectivity index (χ0v) is 23.0. The standard InChI is InChI=1S/C36H26BN3O2/c41-36-30-20-14-18-13-19(15-20)17-21(16-18)33(30)39-28-12-10-24-31-27(11-9-23-22-5-1-4-8-29(22)42-35(23)31)38-26-7-3-2-6-25(26)37(40(36)39)32(28)34(24)38/h1-12,18-21H,13-17H2. The van der Waals surface area contributed by atoms with Gasteiger partial charge in [0, 0.05) is 38.8 Å². The van der Waals surface area contributed by atoms with Gasteiger partial charge in [0.1, 0.15) is 11.2 Å². The summed E-state index contributed by atoms with van der Waals surface area (Å²) in [6, 6.07) is 26.2.